The number of thiophene rings is 1. The molecular formula is C21H26N4O2S. The molecule has 0 bridgehead atoms. The summed E-state index contributed by atoms with van der Waals surface area (Å²) in [6.07, 6.45) is 13.2. The fraction of sp³-hybridized carbons (Fsp3) is 0.286. The van der Waals surface area contributed by atoms with Crippen LogP contribution in [-0.4, -0.2) is 62.4 Å². The van der Waals surface area contributed by atoms with E-state index in [1.165, 1.54) is 11.3 Å². The van der Waals surface area contributed by atoms with Gasteiger partial charge in [0, 0.05) is 57.6 Å². The number of carbonyl (C=O) groups is 1. The van der Waals surface area contributed by atoms with Crippen molar-refractivity contribution in [3.05, 3.63) is 58.8 Å². The van der Waals surface area contributed by atoms with Gasteiger partial charge in [0.15, 0.2) is 6.29 Å². The van der Waals surface area contributed by atoms with Crippen LogP contribution in [0.5, 0.6) is 0 Å². The van der Waals surface area contributed by atoms with Crippen LogP contribution in [0.3, 0.4) is 0 Å². The first-order valence-corrected chi connectivity index (χ1v) is 9.65. The Kier molecular flexibility index (Phi) is 8.10. The Morgan fingerprint density at radius 1 is 1.32 bits per heavy atom. The zero-order valence-electron chi connectivity index (χ0n) is 16.7. The Hall–Kier alpha value is -2.77. The van der Waals surface area contributed by atoms with Crippen molar-refractivity contribution in [2.24, 2.45) is 4.99 Å². The number of rotatable bonds is 5. The topological polar surface area (TPSA) is 69.0 Å². The second-order valence-corrected chi connectivity index (χ2v) is 7.42. The largest absolute Gasteiger partial charge is 0.392 e. The molecule has 0 saturated carbocycles. The number of fused-ring (bicyclic) bond motifs is 1. The zero-order chi connectivity index (χ0) is 20.5. The number of aromatic nitrogens is 1. The summed E-state index contributed by atoms with van der Waals surface area (Å²) in [6.45, 7) is 0.0891. The van der Waals surface area contributed by atoms with Gasteiger partial charge in [-0.3, -0.25) is 9.79 Å². The lowest BCUT2D eigenvalue weighted by Crippen LogP contribution is -2.14. The third kappa shape index (κ3) is 5.61. The molecule has 0 aliphatic heterocycles. The van der Waals surface area contributed by atoms with Gasteiger partial charge in [-0.15, -0.1) is 11.3 Å². The summed E-state index contributed by atoms with van der Waals surface area (Å²) in [5, 5.41) is 10.0. The summed E-state index contributed by atoms with van der Waals surface area (Å²) in [5.74, 6) is 0. The van der Waals surface area contributed by atoms with Crippen LogP contribution >= 0.6 is 11.3 Å². The van der Waals surface area contributed by atoms with Gasteiger partial charge in [-0.25, -0.2) is 4.98 Å². The molecule has 0 spiro atoms. The van der Waals surface area contributed by atoms with Gasteiger partial charge in [0.25, 0.3) is 0 Å². The number of pyridine rings is 1. The lowest BCUT2D eigenvalue weighted by atomic mass is 10.2. The van der Waals surface area contributed by atoms with Crippen molar-refractivity contribution < 1.29 is 9.90 Å². The van der Waals surface area contributed by atoms with Crippen molar-refractivity contribution in [1.29, 1.82) is 0 Å². The Morgan fingerprint density at radius 2 is 2.11 bits per heavy atom. The Balaban J connectivity index is 0.000000200. The molecule has 2 heterocycles. The van der Waals surface area contributed by atoms with Gasteiger partial charge >= 0.3 is 0 Å². The maximum Gasteiger partial charge on any atom is 0.160 e. The van der Waals surface area contributed by atoms with E-state index < -0.39 is 0 Å². The first kappa shape index (κ1) is 21.5. The van der Waals surface area contributed by atoms with Crippen molar-refractivity contribution in [3.8, 4) is 0 Å². The molecule has 2 aromatic rings. The number of allylic oxidation sites excluding steroid dienone is 3. The minimum absolute atomic E-state index is 0.0891. The summed E-state index contributed by atoms with van der Waals surface area (Å²) >= 11 is 1.42. The summed E-state index contributed by atoms with van der Waals surface area (Å²) in [6, 6.07) is 3.83. The first-order valence-electron chi connectivity index (χ1n) is 8.83. The number of hydrogen-bond acceptors (Lipinski definition) is 6. The minimum Gasteiger partial charge on any atom is -0.392 e. The highest BCUT2D eigenvalue weighted by Crippen LogP contribution is 2.29. The van der Waals surface area contributed by atoms with Crippen LogP contribution < -0.4 is 4.90 Å². The lowest BCUT2D eigenvalue weighted by molar-refractivity contribution is 0.112. The fourth-order valence-electron chi connectivity index (χ4n) is 2.67. The number of nitrogens with zero attached hydrogens (tertiary/aromatic N) is 4. The predicted molar refractivity (Wildman–Crippen MR) is 119 cm³/mol. The highest BCUT2D eigenvalue weighted by molar-refractivity contribution is 7.20. The minimum atomic E-state index is 0.0891. The number of anilines is 1. The molecule has 0 radical (unpaired) electrons. The third-order valence-electron chi connectivity index (χ3n) is 4.10. The van der Waals surface area contributed by atoms with E-state index >= 15 is 0 Å². The monoisotopic (exact) mass is 398 g/mol. The Bertz CT molecular complexity index is 926. The molecule has 0 atom stereocenters. The molecule has 0 aromatic carbocycles. The number of aldehydes is 1. The van der Waals surface area contributed by atoms with Crippen molar-refractivity contribution in [3.63, 3.8) is 0 Å². The normalized spacial score (nSPS) is 13.5. The number of hydrogen-bond donors (Lipinski definition) is 1. The van der Waals surface area contributed by atoms with Crippen LogP contribution in [0.2, 0.25) is 0 Å². The first-order chi connectivity index (χ1) is 13.5. The van der Waals surface area contributed by atoms with E-state index in [-0.39, 0.29) is 6.61 Å². The third-order valence-corrected chi connectivity index (χ3v) is 5.07. The molecule has 0 amide bonds. The molecule has 7 heteroatoms. The van der Waals surface area contributed by atoms with Gasteiger partial charge in [-0.1, -0.05) is 18.2 Å². The van der Waals surface area contributed by atoms with E-state index in [2.05, 4.69) is 9.98 Å². The predicted octanol–water partition coefficient (Wildman–Crippen LogP) is 3.51. The molecule has 1 aliphatic carbocycles. The molecule has 1 N–H and O–H groups in total. The highest BCUT2D eigenvalue weighted by Gasteiger charge is 2.07. The highest BCUT2D eigenvalue weighted by atomic mass is 32.1. The molecule has 0 saturated heterocycles. The number of aliphatic imine (C=N–C) groups is 1. The number of aliphatic hydroxyl groups excluding tert-OH is 1. The van der Waals surface area contributed by atoms with Crippen molar-refractivity contribution >= 4 is 39.9 Å². The quantitative estimate of drug-likeness (QED) is 0.474. The maximum absolute atomic E-state index is 10.6. The van der Waals surface area contributed by atoms with Gasteiger partial charge in [0.05, 0.1) is 17.8 Å². The average molecular weight is 399 g/mol. The van der Waals surface area contributed by atoms with Crippen molar-refractivity contribution in [1.82, 2.24) is 9.88 Å². The van der Waals surface area contributed by atoms with Crippen LogP contribution in [-0.2, 0) is 0 Å². The van der Waals surface area contributed by atoms with Crippen LogP contribution in [0.4, 0.5) is 5.69 Å². The second-order valence-electron chi connectivity index (χ2n) is 6.36. The molecule has 28 heavy (non-hydrogen) atoms. The zero-order valence-corrected chi connectivity index (χ0v) is 17.5. The summed E-state index contributed by atoms with van der Waals surface area (Å²) in [7, 11) is 7.67. The van der Waals surface area contributed by atoms with E-state index in [4.69, 9.17) is 5.11 Å². The molecule has 0 unspecified atom stereocenters. The SMILES string of the molecule is CN(C)c1ccnc2sc(C=O)cc12.CN=CN(C)C1=CC=C(CO)C=CC1. The summed E-state index contributed by atoms with van der Waals surface area (Å²) in [5.41, 5.74) is 3.19. The number of aliphatic hydroxyl groups is 1. The summed E-state index contributed by atoms with van der Waals surface area (Å²) < 4.78 is 0. The second kappa shape index (κ2) is 10.5. The van der Waals surface area contributed by atoms with E-state index in [0.717, 1.165) is 44.8 Å². The Morgan fingerprint density at radius 3 is 2.75 bits per heavy atom. The smallest absolute Gasteiger partial charge is 0.160 e. The van der Waals surface area contributed by atoms with E-state index in [1.807, 2.05) is 67.4 Å². The average Bonchev–Trinajstić information content (AvgIpc) is 2.97. The van der Waals surface area contributed by atoms with E-state index in [0.29, 0.717) is 0 Å². The maximum atomic E-state index is 10.6. The standard InChI is InChI=1S/C11H16N2O.C10H10N2OS/c1-12-9-13(2)11-5-3-4-10(8-14)6-7-11;1-12(2)9-3-4-11-10-8(9)5-7(6-13)14-10/h3-4,6-7,9,14H,5,8H2,1-2H3;3-6H,1-2H3. The molecular weight excluding hydrogens is 372 g/mol. The van der Waals surface area contributed by atoms with Gasteiger partial charge < -0.3 is 14.9 Å². The van der Waals surface area contributed by atoms with Crippen LogP contribution in [0.15, 0.2) is 58.9 Å². The fourth-order valence-corrected chi connectivity index (χ4v) is 3.50. The Labute approximate surface area is 169 Å². The van der Waals surface area contributed by atoms with Crippen LogP contribution in [0.25, 0.3) is 10.2 Å². The van der Waals surface area contributed by atoms with Gasteiger partial charge in [-0.2, -0.15) is 0 Å². The van der Waals surface area contributed by atoms with Gasteiger partial charge in [0.2, 0.25) is 0 Å². The van der Waals surface area contributed by atoms with E-state index in [1.54, 1.807) is 19.6 Å². The van der Waals surface area contributed by atoms with Crippen molar-refractivity contribution in [2.45, 2.75) is 6.42 Å². The molecule has 0 fully saturated rings. The van der Waals surface area contributed by atoms with Crippen molar-refractivity contribution in [2.75, 3.05) is 39.7 Å². The van der Waals surface area contributed by atoms with Crippen LogP contribution in [0, 0.1) is 0 Å². The molecule has 1 aliphatic rings. The van der Waals surface area contributed by atoms with Gasteiger partial charge in [0.1, 0.15) is 4.83 Å². The molecule has 2 aromatic heterocycles. The lowest BCUT2D eigenvalue weighted by Gasteiger charge is -2.14. The summed E-state index contributed by atoms with van der Waals surface area (Å²) in [4.78, 5) is 24.4. The molecule has 6 nitrogen and oxygen atoms in total. The van der Waals surface area contributed by atoms with Crippen LogP contribution in [0.1, 0.15) is 16.1 Å². The number of carbonyl (C=O) groups excluding carboxylic acids is 1. The molecule has 148 valence electrons. The molecule has 3 rings (SSSR count). The van der Waals surface area contributed by atoms with Gasteiger partial charge in [-0.05, 0) is 23.8 Å². The van der Waals surface area contributed by atoms with E-state index in [9.17, 15) is 4.79 Å².